The Morgan fingerprint density at radius 2 is 1.96 bits per heavy atom. The van der Waals surface area contributed by atoms with Crippen LogP contribution in [-0.2, 0) is 22.5 Å². The predicted octanol–water partition coefficient (Wildman–Crippen LogP) is 0.971. The zero-order chi connectivity index (χ0) is 17.3. The van der Waals surface area contributed by atoms with Gasteiger partial charge in [0.25, 0.3) is 11.5 Å². The molecular formula is C17H22N2O5. The minimum absolute atomic E-state index is 0.154. The Bertz CT molecular complexity index is 724. The van der Waals surface area contributed by atoms with Crippen molar-refractivity contribution in [2.45, 2.75) is 44.7 Å². The van der Waals surface area contributed by atoms with Gasteiger partial charge in [-0.1, -0.05) is 0 Å². The van der Waals surface area contributed by atoms with Gasteiger partial charge in [0.15, 0.2) is 0 Å². The van der Waals surface area contributed by atoms with Crippen LogP contribution in [0, 0.1) is 0 Å². The third kappa shape index (κ3) is 2.68. The van der Waals surface area contributed by atoms with Crippen LogP contribution in [0.1, 0.15) is 41.7 Å². The minimum Gasteiger partial charge on any atom is -0.496 e. The van der Waals surface area contributed by atoms with Crippen LogP contribution < -0.4 is 10.3 Å². The van der Waals surface area contributed by atoms with Crippen molar-refractivity contribution >= 4 is 11.9 Å². The summed E-state index contributed by atoms with van der Waals surface area (Å²) in [7, 11) is 2.78. The zero-order valence-corrected chi connectivity index (χ0v) is 14.0. The van der Waals surface area contributed by atoms with Gasteiger partial charge in [-0.15, -0.1) is 0 Å². The highest BCUT2D eigenvalue weighted by atomic mass is 16.5. The van der Waals surface area contributed by atoms with Crippen LogP contribution >= 0.6 is 0 Å². The fourth-order valence-corrected chi connectivity index (χ4v) is 3.67. The van der Waals surface area contributed by atoms with Crippen LogP contribution in [0.25, 0.3) is 0 Å². The van der Waals surface area contributed by atoms with E-state index in [0.717, 1.165) is 19.3 Å². The Balaban J connectivity index is 2.05. The standard InChI is InChI=1S/C17H22N2O5/c1-23-13-10-14(20)18-9-5-7-11(18)15(13)16(21)19-8-4-3-6-12(19)17(22)24-2/h10,12H,3-9H2,1-2H3. The zero-order valence-electron chi connectivity index (χ0n) is 14.0. The number of ether oxygens (including phenoxy) is 2. The number of fused-ring (bicyclic) bond motifs is 1. The summed E-state index contributed by atoms with van der Waals surface area (Å²) < 4.78 is 11.8. The van der Waals surface area contributed by atoms with E-state index >= 15 is 0 Å². The number of carbonyl (C=O) groups excluding carboxylic acids is 2. The number of aromatic nitrogens is 1. The Labute approximate surface area is 140 Å². The second kappa shape index (κ2) is 6.67. The molecule has 1 aromatic heterocycles. The van der Waals surface area contributed by atoms with Crippen LogP contribution in [0.2, 0.25) is 0 Å². The Morgan fingerprint density at radius 3 is 2.67 bits per heavy atom. The van der Waals surface area contributed by atoms with Crippen LogP contribution in [-0.4, -0.2) is 48.1 Å². The molecule has 7 nitrogen and oxygen atoms in total. The lowest BCUT2D eigenvalue weighted by molar-refractivity contribution is -0.147. The van der Waals surface area contributed by atoms with Gasteiger partial charge >= 0.3 is 5.97 Å². The molecule has 0 radical (unpaired) electrons. The third-order valence-electron chi connectivity index (χ3n) is 4.85. The molecule has 3 heterocycles. The minimum atomic E-state index is -0.574. The first-order valence-corrected chi connectivity index (χ1v) is 8.28. The van der Waals surface area contributed by atoms with E-state index in [1.807, 2.05) is 0 Å². The number of piperidine rings is 1. The maximum absolute atomic E-state index is 13.2. The molecule has 0 aliphatic carbocycles. The summed E-state index contributed by atoms with van der Waals surface area (Å²) in [5.41, 5.74) is 0.961. The molecule has 1 unspecified atom stereocenters. The fourth-order valence-electron chi connectivity index (χ4n) is 3.67. The number of rotatable bonds is 3. The Hall–Kier alpha value is -2.31. The quantitative estimate of drug-likeness (QED) is 0.770. The van der Waals surface area contributed by atoms with Crippen molar-refractivity contribution in [2.75, 3.05) is 20.8 Å². The fraction of sp³-hybridized carbons (Fsp3) is 0.588. The smallest absolute Gasteiger partial charge is 0.328 e. The molecule has 2 aliphatic rings. The largest absolute Gasteiger partial charge is 0.496 e. The average Bonchev–Trinajstić information content (AvgIpc) is 3.10. The highest BCUT2D eigenvalue weighted by molar-refractivity contribution is 6.00. The Kier molecular flexibility index (Phi) is 4.59. The van der Waals surface area contributed by atoms with Crippen LogP contribution in [0.5, 0.6) is 5.75 Å². The molecule has 0 bridgehead atoms. The van der Waals surface area contributed by atoms with Gasteiger partial charge in [-0.2, -0.15) is 0 Å². The second-order valence-electron chi connectivity index (χ2n) is 6.16. The highest BCUT2D eigenvalue weighted by Gasteiger charge is 2.36. The van der Waals surface area contributed by atoms with Gasteiger partial charge in [-0.25, -0.2) is 4.79 Å². The number of carbonyl (C=O) groups is 2. The number of methoxy groups -OCH3 is 2. The lowest BCUT2D eigenvalue weighted by atomic mass is 9.99. The molecule has 0 spiro atoms. The molecule has 0 aromatic carbocycles. The topological polar surface area (TPSA) is 77.8 Å². The molecule has 1 atom stereocenters. The number of nitrogens with zero attached hydrogens (tertiary/aromatic N) is 2. The summed E-state index contributed by atoms with van der Waals surface area (Å²) in [6.07, 6.45) is 3.80. The molecular weight excluding hydrogens is 312 g/mol. The SMILES string of the molecule is COC(=O)C1CCCCN1C(=O)c1c(OC)cc(=O)n2c1CCC2. The highest BCUT2D eigenvalue weighted by Crippen LogP contribution is 2.29. The summed E-state index contributed by atoms with van der Waals surface area (Å²) in [6.45, 7) is 1.11. The molecule has 1 saturated heterocycles. The Morgan fingerprint density at radius 1 is 1.17 bits per heavy atom. The number of esters is 1. The molecule has 0 saturated carbocycles. The summed E-state index contributed by atoms with van der Waals surface area (Å²) in [6, 6.07) is 0.786. The number of likely N-dealkylation sites (tertiary alicyclic amines) is 1. The summed E-state index contributed by atoms with van der Waals surface area (Å²) in [5.74, 6) is -0.369. The molecule has 0 N–H and O–H groups in total. The van der Waals surface area contributed by atoms with Gasteiger partial charge in [-0.05, 0) is 32.1 Å². The molecule has 7 heteroatoms. The third-order valence-corrected chi connectivity index (χ3v) is 4.85. The van der Waals surface area contributed by atoms with Crippen molar-refractivity contribution in [2.24, 2.45) is 0 Å². The summed E-state index contributed by atoms with van der Waals surface area (Å²) in [5, 5.41) is 0. The average molecular weight is 334 g/mol. The van der Waals surface area contributed by atoms with Crippen LogP contribution in [0.15, 0.2) is 10.9 Å². The first-order valence-electron chi connectivity index (χ1n) is 8.28. The first kappa shape index (κ1) is 16.5. The molecule has 3 rings (SSSR count). The molecule has 24 heavy (non-hydrogen) atoms. The summed E-state index contributed by atoms with van der Waals surface area (Å²) >= 11 is 0. The maximum Gasteiger partial charge on any atom is 0.328 e. The lowest BCUT2D eigenvalue weighted by Gasteiger charge is -2.34. The number of pyridine rings is 1. The summed E-state index contributed by atoms with van der Waals surface area (Å²) in [4.78, 5) is 39.0. The number of amides is 1. The van der Waals surface area contributed by atoms with Crippen molar-refractivity contribution < 1.29 is 19.1 Å². The molecule has 2 aliphatic heterocycles. The van der Waals surface area contributed by atoms with Gasteiger partial charge in [0, 0.05) is 24.8 Å². The lowest BCUT2D eigenvalue weighted by Crippen LogP contribution is -2.49. The normalized spacial score (nSPS) is 19.8. The number of hydrogen-bond acceptors (Lipinski definition) is 5. The van der Waals surface area contributed by atoms with Crippen molar-refractivity contribution in [3.8, 4) is 5.75 Å². The van der Waals surface area contributed by atoms with E-state index in [2.05, 4.69) is 0 Å². The van der Waals surface area contributed by atoms with E-state index < -0.39 is 12.0 Å². The van der Waals surface area contributed by atoms with Crippen molar-refractivity contribution in [1.29, 1.82) is 0 Å². The van der Waals surface area contributed by atoms with Gasteiger partial charge in [0.05, 0.1) is 14.2 Å². The first-order chi connectivity index (χ1) is 11.6. The van der Waals surface area contributed by atoms with E-state index in [0.29, 0.717) is 37.2 Å². The van der Waals surface area contributed by atoms with Crippen molar-refractivity contribution in [3.05, 3.63) is 27.7 Å². The van der Waals surface area contributed by atoms with E-state index in [1.54, 1.807) is 9.47 Å². The van der Waals surface area contributed by atoms with E-state index in [-0.39, 0.29) is 17.2 Å². The molecule has 1 aromatic rings. The monoisotopic (exact) mass is 334 g/mol. The van der Waals surface area contributed by atoms with Gasteiger partial charge in [-0.3, -0.25) is 9.59 Å². The van der Waals surface area contributed by atoms with Crippen LogP contribution in [0.4, 0.5) is 0 Å². The predicted molar refractivity (Wildman–Crippen MR) is 86.3 cm³/mol. The van der Waals surface area contributed by atoms with Crippen molar-refractivity contribution in [3.63, 3.8) is 0 Å². The van der Waals surface area contributed by atoms with Crippen LogP contribution in [0.3, 0.4) is 0 Å². The van der Waals surface area contributed by atoms with E-state index in [9.17, 15) is 14.4 Å². The van der Waals surface area contributed by atoms with Gasteiger partial charge < -0.3 is 18.9 Å². The van der Waals surface area contributed by atoms with Gasteiger partial charge in [0.1, 0.15) is 17.4 Å². The van der Waals surface area contributed by atoms with E-state index in [4.69, 9.17) is 9.47 Å². The van der Waals surface area contributed by atoms with Gasteiger partial charge in [0.2, 0.25) is 0 Å². The maximum atomic E-state index is 13.2. The molecule has 1 fully saturated rings. The number of hydrogen-bond donors (Lipinski definition) is 0. The molecule has 130 valence electrons. The van der Waals surface area contributed by atoms with Crippen molar-refractivity contribution in [1.82, 2.24) is 9.47 Å². The second-order valence-corrected chi connectivity index (χ2v) is 6.16. The van der Waals surface area contributed by atoms with E-state index in [1.165, 1.54) is 20.3 Å². The molecule has 1 amide bonds.